The van der Waals surface area contributed by atoms with Crippen molar-refractivity contribution in [3.63, 3.8) is 0 Å². The molecular weight excluding hydrogens is 277 g/mol. The van der Waals surface area contributed by atoms with Gasteiger partial charge in [-0.15, -0.1) is 5.10 Å². The van der Waals surface area contributed by atoms with E-state index in [9.17, 15) is 14.0 Å². The van der Waals surface area contributed by atoms with E-state index in [0.29, 0.717) is 5.65 Å². The van der Waals surface area contributed by atoms with Gasteiger partial charge in [0.2, 0.25) is 0 Å². The zero-order valence-electron chi connectivity index (χ0n) is 10.7. The monoisotopic (exact) mass is 287 g/mol. The number of carboxylic acids is 1. The summed E-state index contributed by atoms with van der Waals surface area (Å²) >= 11 is 0. The van der Waals surface area contributed by atoms with Gasteiger partial charge in [0.25, 0.3) is 0 Å². The first-order valence-electron chi connectivity index (χ1n) is 6.12. The van der Waals surface area contributed by atoms with Gasteiger partial charge in [0.05, 0.1) is 12.1 Å². The van der Waals surface area contributed by atoms with E-state index in [2.05, 4.69) is 5.10 Å². The maximum absolute atomic E-state index is 13.3. The SMILES string of the molecule is O=C(O)c1ccc(F)cc1Cn1nc2ccccn2c1=O. The first kappa shape index (κ1) is 13.0. The van der Waals surface area contributed by atoms with E-state index >= 15 is 0 Å². The fourth-order valence-electron chi connectivity index (χ4n) is 2.13. The minimum absolute atomic E-state index is 0.0552. The number of hydrogen-bond acceptors (Lipinski definition) is 3. The summed E-state index contributed by atoms with van der Waals surface area (Å²) in [6.07, 6.45) is 1.56. The first-order chi connectivity index (χ1) is 10.1. The molecule has 0 unspecified atom stereocenters. The zero-order chi connectivity index (χ0) is 15.0. The lowest BCUT2D eigenvalue weighted by Gasteiger charge is -2.05. The van der Waals surface area contributed by atoms with Gasteiger partial charge in [-0.1, -0.05) is 6.07 Å². The molecule has 0 spiro atoms. The fraction of sp³-hybridized carbons (Fsp3) is 0.0714. The summed E-state index contributed by atoms with van der Waals surface area (Å²) in [4.78, 5) is 23.3. The van der Waals surface area contributed by atoms with Crippen LogP contribution in [-0.2, 0) is 6.54 Å². The minimum atomic E-state index is -1.18. The van der Waals surface area contributed by atoms with Gasteiger partial charge in [0.1, 0.15) is 5.82 Å². The number of nitrogens with zero attached hydrogens (tertiary/aromatic N) is 3. The van der Waals surface area contributed by atoms with Gasteiger partial charge in [0.15, 0.2) is 5.65 Å². The maximum atomic E-state index is 13.3. The lowest BCUT2D eigenvalue weighted by molar-refractivity contribution is 0.0695. The van der Waals surface area contributed by atoms with Crippen molar-refractivity contribution >= 4 is 11.6 Å². The Morgan fingerprint density at radius 3 is 2.81 bits per heavy atom. The largest absolute Gasteiger partial charge is 0.478 e. The Balaban J connectivity index is 2.10. The molecular formula is C14H10FN3O3. The third-order valence-corrected chi connectivity index (χ3v) is 3.11. The van der Waals surface area contributed by atoms with Gasteiger partial charge in [-0.25, -0.2) is 18.7 Å². The molecule has 3 rings (SSSR count). The molecule has 0 fully saturated rings. The molecule has 0 radical (unpaired) electrons. The molecule has 0 aliphatic heterocycles. The Labute approximate surface area is 117 Å². The lowest BCUT2D eigenvalue weighted by Crippen LogP contribution is -2.22. The molecule has 0 saturated carbocycles. The molecule has 2 heterocycles. The molecule has 2 aromatic heterocycles. The highest BCUT2D eigenvalue weighted by molar-refractivity contribution is 5.89. The van der Waals surface area contributed by atoms with Crippen molar-refractivity contribution in [2.24, 2.45) is 0 Å². The Morgan fingerprint density at radius 2 is 2.10 bits per heavy atom. The molecule has 1 N–H and O–H groups in total. The van der Waals surface area contributed by atoms with Gasteiger partial charge < -0.3 is 5.11 Å². The van der Waals surface area contributed by atoms with E-state index in [1.165, 1.54) is 10.5 Å². The molecule has 106 valence electrons. The smallest absolute Gasteiger partial charge is 0.350 e. The fourth-order valence-corrected chi connectivity index (χ4v) is 2.13. The number of fused-ring (bicyclic) bond motifs is 1. The van der Waals surface area contributed by atoms with Crippen LogP contribution in [0.3, 0.4) is 0 Å². The summed E-state index contributed by atoms with van der Waals surface area (Å²) in [7, 11) is 0. The molecule has 0 bridgehead atoms. The molecule has 3 aromatic rings. The van der Waals surface area contributed by atoms with Crippen LogP contribution in [0.4, 0.5) is 4.39 Å². The van der Waals surface area contributed by atoms with E-state index in [0.717, 1.165) is 16.8 Å². The molecule has 0 saturated heterocycles. The second-order valence-electron chi connectivity index (χ2n) is 4.48. The number of aromatic carboxylic acids is 1. The molecule has 0 aliphatic rings. The van der Waals surface area contributed by atoms with Crippen molar-refractivity contribution in [2.75, 3.05) is 0 Å². The van der Waals surface area contributed by atoms with Gasteiger partial charge in [-0.05, 0) is 35.9 Å². The van der Waals surface area contributed by atoms with Crippen LogP contribution in [0.15, 0.2) is 47.4 Å². The number of hydrogen-bond donors (Lipinski definition) is 1. The van der Waals surface area contributed by atoms with Crippen LogP contribution in [0.2, 0.25) is 0 Å². The van der Waals surface area contributed by atoms with Crippen molar-refractivity contribution in [1.82, 2.24) is 14.2 Å². The van der Waals surface area contributed by atoms with Crippen LogP contribution >= 0.6 is 0 Å². The number of carbonyl (C=O) groups is 1. The zero-order valence-corrected chi connectivity index (χ0v) is 10.7. The Kier molecular flexibility index (Phi) is 3.02. The second-order valence-corrected chi connectivity index (χ2v) is 4.48. The summed E-state index contributed by atoms with van der Waals surface area (Å²) in [6.45, 7) is -0.111. The topological polar surface area (TPSA) is 76.6 Å². The number of pyridine rings is 1. The summed E-state index contributed by atoms with van der Waals surface area (Å²) in [5.74, 6) is -1.74. The average molecular weight is 287 g/mol. The summed E-state index contributed by atoms with van der Waals surface area (Å²) in [5, 5.41) is 13.2. The average Bonchev–Trinajstić information content (AvgIpc) is 2.76. The third-order valence-electron chi connectivity index (χ3n) is 3.11. The summed E-state index contributed by atoms with van der Waals surface area (Å²) in [6, 6.07) is 8.41. The number of benzene rings is 1. The summed E-state index contributed by atoms with van der Waals surface area (Å²) in [5.41, 5.74) is 0.162. The molecule has 1 aromatic carbocycles. The molecule has 0 amide bonds. The Morgan fingerprint density at radius 1 is 1.29 bits per heavy atom. The van der Waals surface area contributed by atoms with E-state index in [4.69, 9.17) is 5.11 Å². The van der Waals surface area contributed by atoms with Crippen LogP contribution in [0.1, 0.15) is 15.9 Å². The van der Waals surface area contributed by atoms with Crippen LogP contribution in [0, 0.1) is 5.82 Å². The standard InChI is InChI=1S/C14H10FN3O3/c15-10-4-5-11(13(19)20)9(7-10)8-18-14(21)17-6-2-1-3-12(17)16-18/h1-7H,8H2,(H,19,20). The highest BCUT2D eigenvalue weighted by Gasteiger charge is 2.14. The predicted molar refractivity (Wildman–Crippen MR) is 71.9 cm³/mol. The van der Waals surface area contributed by atoms with Crippen molar-refractivity contribution < 1.29 is 14.3 Å². The predicted octanol–water partition coefficient (Wildman–Crippen LogP) is 1.38. The third kappa shape index (κ3) is 2.29. The molecule has 0 aliphatic carbocycles. The number of aromatic nitrogens is 3. The van der Waals surface area contributed by atoms with E-state index in [-0.39, 0.29) is 17.7 Å². The van der Waals surface area contributed by atoms with E-state index < -0.39 is 17.5 Å². The van der Waals surface area contributed by atoms with E-state index in [1.54, 1.807) is 24.4 Å². The minimum Gasteiger partial charge on any atom is -0.478 e. The number of carboxylic acid groups (broad SMARTS) is 1. The van der Waals surface area contributed by atoms with Crippen molar-refractivity contribution in [3.05, 3.63) is 70.0 Å². The molecule has 7 heteroatoms. The van der Waals surface area contributed by atoms with Gasteiger partial charge >= 0.3 is 11.7 Å². The van der Waals surface area contributed by atoms with E-state index in [1.807, 2.05) is 0 Å². The van der Waals surface area contributed by atoms with Crippen molar-refractivity contribution in [3.8, 4) is 0 Å². The van der Waals surface area contributed by atoms with Gasteiger partial charge in [-0.2, -0.15) is 0 Å². The lowest BCUT2D eigenvalue weighted by atomic mass is 10.1. The van der Waals surface area contributed by atoms with Crippen molar-refractivity contribution in [1.29, 1.82) is 0 Å². The van der Waals surface area contributed by atoms with Gasteiger partial charge in [-0.3, -0.25) is 4.40 Å². The normalized spacial score (nSPS) is 10.9. The second kappa shape index (κ2) is 4.86. The molecule has 6 nitrogen and oxygen atoms in total. The first-order valence-corrected chi connectivity index (χ1v) is 6.12. The number of rotatable bonds is 3. The van der Waals surface area contributed by atoms with Crippen LogP contribution < -0.4 is 5.69 Å². The highest BCUT2D eigenvalue weighted by atomic mass is 19.1. The van der Waals surface area contributed by atoms with Gasteiger partial charge in [0, 0.05) is 6.20 Å². The van der Waals surface area contributed by atoms with Crippen LogP contribution in [0.25, 0.3) is 5.65 Å². The molecule has 21 heavy (non-hydrogen) atoms. The maximum Gasteiger partial charge on any atom is 0.350 e. The highest BCUT2D eigenvalue weighted by Crippen LogP contribution is 2.12. The molecule has 0 atom stereocenters. The van der Waals surface area contributed by atoms with Crippen LogP contribution in [0.5, 0.6) is 0 Å². The van der Waals surface area contributed by atoms with Crippen molar-refractivity contribution in [2.45, 2.75) is 6.54 Å². The Hall–Kier alpha value is -2.96. The quantitative estimate of drug-likeness (QED) is 0.789. The Bertz CT molecular complexity index is 898. The number of halogens is 1. The summed E-state index contributed by atoms with van der Waals surface area (Å²) < 4.78 is 15.8. The van der Waals surface area contributed by atoms with Crippen LogP contribution in [-0.4, -0.2) is 25.3 Å².